The minimum atomic E-state index is -4.54. The number of urea groups is 1. The molecule has 0 fully saturated rings. The van der Waals surface area contributed by atoms with Crippen molar-refractivity contribution in [1.82, 2.24) is 20.1 Å². The molecular formula is C14H16F3N5O. The van der Waals surface area contributed by atoms with E-state index in [4.69, 9.17) is 0 Å². The first-order valence-electron chi connectivity index (χ1n) is 6.94. The number of alkyl halides is 3. The van der Waals surface area contributed by atoms with Crippen LogP contribution in [0.2, 0.25) is 0 Å². The molecule has 0 bridgehead atoms. The molecule has 1 aromatic heterocycles. The van der Waals surface area contributed by atoms with Gasteiger partial charge in [0, 0.05) is 6.54 Å². The number of para-hydroxylation sites is 1. The van der Waals surface area contributed by atoms with E-state index >= 15 is 0 Å². The summed E-state index contributed by atoms with van der Waals surface area (Å²) in [5, 5.41) is 12.4. The molecule has 0 saturated carbocycles. The Morgan fingerprint density at radius 3 is 2.70 bits per heavy atom. The Morgan fingerprint density at radius 1 is 1.35 bits per heavy atom. The number of aryl methyl sites for hydroxylation is 1. The lowest BCUT2D eigenvalue weighted by Gasteiger charge is -2.17. The highest BCUT2D eigenvalue weighted by Gasteiger charge is 2.33. The second-order valence-electron chi connectivity index (χ2n) is 4.84. The second kappa shape index (κ2) is 6.67. The van der Waals surface area contributed by atoms with Crippen LogP contribution in [-0.4, -0.2) is 20.8 Å². The lowest BCUT2D eigenvalue weighted by atomic mass is 10.1. The number of hydrogen-bond acceptors (Lipinski definition) is 3. The first kappa shape index (κ1) is 16.8. The van der Waals surface area contributed by atoms with Gasteiger partial charge in [0.1, 0.15) is 6.33 Å². The van der Waals surface area contributed by atoms with Crippen molar-refractivity contribution in [1.29, 1.82) is 0 Å². The smallest absolute Gasteiger partial charge is 0.328 e. The molecule has 1 heterocycles. The van der Waals surface area contributed by atoms with Gasteiger partial charge in [-0.15, -0.1) is 10.2 Å². The van der Waals surface area contributed by atoms with Crippen LogP contribution in [0.1, 0.15) is 31.3 Å². The van der Waals surface area contributed by atoms with Crippen molar-refractivity contribution in [2.75, 3.05) is 5.32 Å². The Kier molecular flexibility index (Phi) is 4.87. The summed E-state index contributed by atoms with van der Waals surface area (Å²) in [6, 6.07) is 3.53. The van der Waals surface area contributed by atoms with Gasteiger partial charge in [-0.05, 0) is 26.0 Å². The fourth-order valence-corrected chi connectivity index (χ4v) is 2.10. The van der Waals surface area contributed by atoms with Crippen LogP contribution in [-0.2, 0) is 12.7 Å². The molecule has 2 aromatic rings. The van der Waals surface area contributed by atoms with Gasteiger partial charge in [-0.1, -0.05) is 12.1 Å². The summed E-state index contributed by atoms with van der Waals surface area (Å²) in [6.45, 7) is 4.18. The van der Waals surface area contributed by atoms with Crippen molar-refractivity contribution in [2.24, 2.45) is 0 Å². The normalized spacial score (nSPS) is 12.7. The number of rotatable bonds is 4. The van der Waals surface area contributed by atoms with E-state index in [0.29, 0.717) is 12.4 Å². The van der Waals surface area contributed by atoms with Crippen molar-refractivity contribution in [3.05, 3.63) is 42.0 Å². The number of anilines is 1. The SMILES string of the molecule is CCn1cnnc1C(C)NC(=O)Nc1ccccc1C(F)(F)F. The third kappa shape index (κ3) is 3.99. The molecule has 6 nitrogen and oxygen atoms in total. The van der Waals surface area contributed by atoms with Gasteiger partial charge < -0.3 is 15.2 Å². The number of aromatic nitrogens is 3. The molecule has 0 saturated heterocycles. The molecular weight excluding hydrogens is 311 g/mol. The predicted octanol–water partition coefficient (Wildman–Crippen LogP) is 3.20. The zero-order chi connectivity index (χ0) is 17.0. The molecule has 2 amide bonds. The molecule has 2 N–H and O–H groups in total. The topological polar surface area (TPSA) is 71.8 Å². The predicted molar refractivity (Wildman–Crippen MR) is 77.7 cm³/mol. The molecule has 23 heavy (non-hydrogen) atoms. The molecule has 1 unspecified atom stereocenters. The summed E-state index contributed by atoms with van der Waals surface area (Å²) in [5.41, 5.74) is -1.21. The summed E-state index contributed by atoms with van der Waals surface area (Å²) in [5.74, 6) is 0.520. The van der Waals surface area contributed by atoms with E-state index in [1.807, 2.05) is 6.92 Å². The lowest BCUT2D eigenvalue weighted by Crippen LogP contribution is -2.33. The number of nitrogens with one attached hydrogen (secondary N) is 2. The van der Waals surface area contributed by atoms with Crippen LogP contribution < -0.4 is 10.6 Å². The van der Waals surface area contributed by atoms with Gasteiger partial charge in [0.2, 0.25) is 0 Å². The highest BCUT2D eigenvalue weighted by Crippen LogP contribution is 2.34. The summed E-state index contributed by atoms with van der Waals surface area (Å²) in [7, 11) is 0. The maximum atomic E-state index is 12.9. The van der Waals surface area contributed by atoms with Gasteiger partial charge in [-0.2, -0.15) is 13.2 Å². The standard InChI is InChI=1S/C14H16F3N5O/c1-3-22-8-18-21-12(22)9(2)19-13(23)20-11-7-5-4-6-10(11)14(15,16)17/h4-9H,3H2,1-2H3,(H2,19,20,23). The fraction of sp³-hybridized carbons (Fsp3) is 0.357. The number of benzene rings is 1. The van der Waals surface area contributed by atoms with Gasteiger partial charge in [0.25, 0.3) is 0 Å². The molecule has 0 aliphatic rings. The molecule has 0 spiro atoms. The van der Waals surface area contributed by atoms with Gasteiger partial charge in [0.05, 0.1) is 17.3 Å². The fourth-order valence-electron chi connectivity index (χ4n) is 2.10. The van der Waals surface area contributed by atoms with Crippen LogP contribution in [0.4, 0.5) is 23.7 Å². The first-order valence-corrected chi connectivity index (χ1v) is 6.94. The Hall–Kier alpha value is -2.58. The van der Waals surface area contributed by atoms with Gasteiger partial charge in [-0.3, -0.25) is 0 Å². The highest BCUT2D eigenvalue weighted by atomic mass is 19.4. The van der Waals surface area contributed by atoms with Gasteiger partial charge in [-0.25, -0.2) is 4.79 Å². The number of carbonyl (C=O) groups is 1. The zero-order valence-corrected chi connectivity index (χ0v) is 12.6. The van der Waals surface area contributed by atoms with E-state index in [2.05, 4.69) is 20.8 Å². The zero-order valence-electron chi connectivity index (χ0n) is 12.6. The van der Waals surface area contributed by atoms with Crippen LogP contribution in [0.5, 0.6) is 0 Å². The van der Waals surface area contributed by atoms with Crippen LogP contribution in [0, 0.1) is 0 Å². The van der Waals surface area contributed by atoms with Crippen molar-refractivity contribution < 1.29 is 18.0 Å². The third-order valence-corrected chi connectivity index (χ3v) is 3.20. The van der Waals surface area contributed by atoms with Crippen molar-refractivity contribution in [3.8, 4) is 0 Å². The summed E-state index contributed by atoms with van der Waals surface area (Å²) >= 11 is 0. The molecule has 1 atom stereocenters. The van der Waals surface area contributed by atoms with Crippen LogP contribution in [0.25, 0.3) is 0 Å². The van der Waals surface area contributed by atoms with Crippen molar-refractivity contribution in [2.45, 2.75) is 32.6 Å². The van der Waals surface area contributed by atoms with E-state index in [1.165, 1.54) is 24.5 Å². The second-order valence-corrected chi connectivity index (χ2v) is 4.84. The Bertz CT molecular complexity index is 683. The summed E-state index contributed by atoms with van der Waals surface area (Å²) in [4.78, 5) is 11.9. The Morgan fingerprint density at radius 2 is 2.04 bits per heavy atom. The van der Waals surface area contributed by atoms with Crippen LogP contribution >= 0.6 is 0 Å². The molecule has 0 aliphatic heterocycles. The maximum absolute atomic E-state index is 12.9. The van der Waals surface area contributed by atoms with E-state index in [1.54, 1.807) is 11.5 Å². The number of amides is 2. The van der Waals surface area contributed by atoms with Crippen molar-refractivity contribution in [3.63, 3.8) is 0 Å². The number of carbonyl (C=O) groups excluding carboxylic acids is 1. The molecule has 0 radical (unpaired) electrons. The molecule has 2 rings (SSSR count). The minimum absolute atomic E-state index is 0.304. The van der Waals surface area contributed by atoms with Crippen LogP contribution in [0.3, 0.4) is 0 Å². The molecule has 0 aliphatic carbocycles. The Labute approximate surface area is 130 Å². The Balaban J connectivity index is 2.09. The van der Waals surface area contributed by atoms with Crippen molar-refractivity contribution >= 4 is 11.7 Å². The minimum Gasteiger partial charge on any atom is -0.328 e. The largest absolute Gasteiger partial charge is 0.418 e. The maximum Gasteiger partial charge on any atom is 0.418 e. The lowest BCUT2D eigenvalue weighted by molar-refractivity contribution is -0.136. The molecule has 124 valence electrons. The van der Waals surface area contributed by atoms with E-state index in [-0.39, 0.29) is 5.69 Å². The quantitative estimate of drug-likeness (QED) is 0.906. The third-order valence-electron chi connectivity index (χ3n) is 3.20. The highest BCUT2D eigenvalue weighted by molar-refractivity contribution is 5.90. The van der Waals surface area contributed by atoms with E-state index in [9.17, 15) is 18.0 Å². The monoisotopic (exact) mass is 327 g/mol. The molecule has 1 aromatic carbocycles. The molecule has 9 heteroatoms. The number of halogens is 3. The summed E-state index contributed by atoms with van der Waals surface area (Å²) in [6.07, 6.45) is -3.03. The van der Waals surface area contributed by atoms with E-state index < -0.39 is 23.8 Å². The number of hydrogen-bond donors (Lipinski definition) is 2. The van der Waals surface area contributed by atoms with Gasteiger partial charge in [0.15, 0.2) is 5.82 Å². The average Bonchev–Trinajstić information content (AvgIpc) is 2.95. The first-order chi connectivity index (χ1) is 10.8. The van der Waals surface area contributed by atoms with E-state index in [0.717, 1.165) is 6.07 Å². The summed E-state index contributed by atoms with van der Waals surface area (Å²) < 4.78 is 40.4. The number of nitrogens with zero attached hydrogens (tertiary/aromatic N) is 3. The van der Waals surface area contributed by atoms with Crippen LogP contribution in [0.15, 0.2) is 30.6 Å². The average molecular weight is 327 g/mol. The van der Waals surface area contributed by atoms with Gasteiger partial charge >= 0.3 is 12.2 Å².